The predicted molar refractivity (Wildman–Crippen MR) is 122 cm³/mol. The largest absolute Gasteiger partial charge is 0.330 e. The molecule has 2 amide bonds. The minimum atomic E-state index is -0.0642. The van der Waals surface area contributed by atoms with Crippen LogP contribution in [0.3, 0.4) is 0 Å². The Bertz CT molecular complexity index is 900. The number of amides is 2. The van der Waals surface area contributed by atoms with Crippen LogP contribution in [-0.4, -0.2) is 40.7 Å². The van der Waals surface area contributed by atoms with Crippen molar-refractivity contribution in [2.75, 3.05) is 13.1 Å². The van der Waals surface area contributed by atoms with Crippen molar-refractivity contribution in [1.29, 1.82) is 0 Å². The van der Waals surface area contributed by atoms with Gasteiger partial charge >= 0.3 is 0 Å². The lowest BCUT2D eigenvalue weighted by Crippen LogP contribution is -2.51. The van der Waals surface area contributed by atoms with E-state index in [-0.39, 0.29) is 36.4 Å². The molecule has 160 valence electrons. The predicted octanol–water partition coefficient (Wildman–Crippen LogP) is 4.96. The molecule has 0 spiro atoms. The maximum Gasteiger partial charge on any atom is 0.243 e. The van der Waals surface area contributed by atoms with Crippen molar-refractivity contribution in [3.63, 3.8) is 0 Å². The summed E-state index contributed by atoms with van der Waals surface area (Å²) >= 11 is 1.78. The molecule has 1 fully saturated rings. The first-order chi connectivity index (χ1) is 14.5. The number of rotatable bonds is 6. The van der Waals surface area contributed by atoms with E-state index in [1.54, 1.807) is 11.3 Å². The van der Waals surface area contributed by atoms with E-state index in [0.717, 1.165) is 37.7 Å². The average Bonchev–Trinajstić information content (AvgIpc) is 3.18. The lowest BCUT2D eigenvalue weighted by Gasteiger charge is -2.40. The number of benzene rings is 1. The number of nitrogens with zero attached hydrogens (tertiary/aromatic N) is 2. The van der Waals surface area contributed by atoms with Gasteiger partial charge in [-0.15, -0.1) is 11.3 Å². The Morgan fingerprint density at radius 2 is 1.93 bits per heavy atom. The molecule has 0 saturated heterocycles. The maximum absolute atomic E-state index is 13.6. The summed E-state index contributed by atoms with van der Waals surface area (Å²) in [5.41, 5.74) is 3.60. The number of hydrogen-bond acceptors (Lipinski definition) is 3. The van der Waals surface area contributed by atoms with Crippen molar-refractivity contribution in [2.45, 2.75) is 65.0 Å². The highest BCUT2D eigenvalue weighted by Gasteiger charge is 2.36. The Morgan fingerprint density at radius 3 is 2.57 bits per heavy atom. The van der Waals surface area contributed by atoms with Crippen LogP contribution in [0, 0.1) is 12.8 Å². The van der Waals surface area contributed by atoms with E-state index in [0.29, 0.717) is 6.54 Å². The van der Waals surface area contributed by atoms with Crippen LogP contribution in [0.25, 0.3) is 0 Å². The summed E-state index contributed by atoms with van der Waals surface area (Å²) in [7, 11) is 0. The highest BCUT2D eigenvalue weighted by atomic mass is 32.1. The van der Waals surface area contributed by atoms with Gasteiger partial charge < -0.3 is 9.80 Å². The van der Waals surface area contributed by atoms with Crippen molar-refractivity contribution in [3.8, 4) is 0 Å². The number of aryl methyl sites for hydroxylation is 1. The summed E-state index contributed by atoms with van der Waals surface area (Å²) in [4.78, 5) is 31.8. The van der Waals surface area contributed by atoms with Gasteiger partial charge in [0.05, 0.1) is 6.04 Å². The fourth-order valence-electron chi connectivity index (χ4n) is 4.49. The van der Waals surface area contributed by atoms with Gasteiger partial charge in [-0.3, -0.25) is 9.59 Å². The van der Waals surface area contributed by atoms with Crippen LogP contribution in [0.15, 0.2) is 35.7 Å². The Labute approximate surface area is 183 Å². The molecule has 4 nitrogen and oxygen atoms in total. The molecule has 1 aliphatic carbocycles. The molecule has 1 aliphatic heterocycles. The molecule has 0 radical (unpaired) electrons. The lowest BCUT2D eigenvalue weighted by molar-refractivity contribution is -0.147. The zero-order chi connectivity index (χ0) is 21.3. The summed E-state index contributed by atoms with van der Waals surface area (Å²) in [6, 6.07) is 10.7. The number of carbonyl (C=O) groups is 2. The Morgan fingerprint density at radius 1 is 1.20 bits per heavy atom. The van der Waals surface area contributed by atoms with E-state index < -0.39 is 0 Å². The van der Waals surface area contributed by atoms with E-state index >= 15 is 0 Å². The molecule has 2 atom stereocenters. The molecule has 1 saturated carbocycles. The molecule has 2 aromatic rings. The van der Waals surface area contributed by atoms with Gasteiger partial charge in [-0.2, -0.15) is 0 Å². The average molecular weight is 425 g/mol. The van der Waals surface area contributed by atoms with E-state index in [4.69, 9.17) is 0 Å². The van der Waals surface area contributed by atoms with Gasteiger partial charge in [-0.25, -0.2) is 0 Å². The topological polar surface area (TPSA) is 40.6 Å². The standard InChI is InChI=1S/C25H32N2O2S/c1-4-18(3)27(25(29)20-6-5-7-20)16-23(28)26-14-12-22-21(13-15-30-22)24(26)19-10-8-17(2)9-11-19/h8-11,13,15,18,20,24H,4-7,12,14,16H2,1-3H3. The fraction of sp³-hybridized carbons (Fsp3) is 0.520. The maximum atomic E-state index is 13.6. The normalized spacial score (nSPS) is 19.7. The second kappa shape index (κ2) is 8.93. The van der Waals surface area contributed by atoms with Crippen LogP contribution in [0.2, 0.25) is 0 Å². The quantitative estimate of drug-likeness (QED) is 0.658. The van der Waals surface area contributed by atoms with Crippen LogP contribution in [0.4, 0.5) is 0 Å². The highest BCUT2D eigenvalue weighted by molar-refractivity contribution is 7.10. The van der Waals surface area contributed by atoms with Crippen LogP contribution >= 0.6 is 11.3 Å². The third-order valence-corrected chi connectivity index (χ3v) is 7.84. The second-order valence-electron chi connectivity index (χ2n) is 8.80. The Balaban J connectivity index is 1.60. The van der Waals surface area contributed by atoms with Crippen molar-refractivity contribution >= 4 is 23.2 Å². The molecule has 4 rings (SSSR count). The van der Waals surface area contributed by atoms with E-state index in [9.17, 15) is 9.59 Å². The van der Waals surface area contributed by atoms with Gasteiger partial charge in [0.15, 0.2) is 0 Å². The second-order valence-corrected chi connectivity index (χ2v) is 9.80. The molecular weight excluding hydrogens is 392 g/mol. The van der Waals surface area contributed by atoms with E-state index in [2.05, 4.69) is 56.5 Å². The molecular formula is C25H32N2O2S. The van der Waals surface area contributed by atoms with Gasteiger partial charge in [0, 0.05) is 23.4 Å². The summed E-state index contributed by atoms with van der Waals surface area (Å²) < 4.78 is 0. The van der Waals surface area contributed by atoms with Gasteiger partial charge in [-0.1, -0.05) is 43.2 Å². The molecule has 1 aromatic heterocycles. The van der Waals surface area contributed by atoms with E-state index in [1.807, 2.05) is 9.80 Å². The number of thiophene rings is 1. The van der Waals surface area contributed by atoms with Gasteiger partial charge in [-0.05, 0) is 62.1 Å². The zero-order valence-corrected chi connectivity index (χ0v) is 19.1. The Kier molecular flexibility index (Phi) is 6.28. The number of fused-ring (bicyclic) bond motifs is 1. The van der Waals surface area contributed by atoms with Gasteiger partial charge in [0.2, 0.25) is 11.8 Å². The third kappa shape index (κ3) is 4.04. The molecule has 30 heavy (non-hydrogen) atoms. The number of hydrogen-bond donors (Lipinski definition) is 0. The summed E-state index contributed by atoms with van der Waals surface area (Å²) in [5.74, 6) is 0.346. The van der Waals surface area contributed by atoms with Crippen molar-refractivity contribution in [3.05, 3.63) is 57.3 Å². The Hall–Kier alpha value is -2.14. The monoisotopic (exact) mass is 424 g/mol. The fourth-order valence-corrected chi connectivity index (χ4v) is 5.39. The first kappa shape index (κ1) is 21.1. The van der Waals surface area contributed by atoms with Crippen LogP contribution < -0.4 is 0 Å². The molecule has 2 heterocycles. The third-order valence-electron chi connectivity index (χ3n) is 6.85. The zero-order valence-electron chi connectivity index (χ0n) is 18.3. The SMILES string of the molecule is CCC(C)N(CC(=O)N1CCc2sccc2C1c1ccc(C)cc1)C(=O)C1CCC1. The summed E-state index contributed by atoms with van der Waals surface area (Å²) in [6.07, 6.45) is 4.81. The molecule has 2 unspecified atom stereocenters. The molecule has 5 heteroatoms. The van der Waals surface area contributed by atoms with Gasteiger partial charge in [0.1, 0.15) is 6.54 Å². The van der Waals surface area contributed by atoms with Crippen molar-refractivity contribution < 1.29 is 9.59 Å². The highest BCUT2D eigenvalue weighted by Crippen LogP contribution is 2.38. The molecule has 0 N–H and O–H groups in total. The molecule has 2 aliphatic rings. The smallest absolute Gasteiger partial charge is 0.243 e. The van der Waals surface area contributed by atoms with Crippen molar-refractivity contribution in [2.24, 2.45) is 5.92 Å². The van der Waals surface area contributed by atoms with E-state index in [1.165, 1.54) is 16.0 Å². The minimum Gasteiger partial charge on any atom is -0.330 e. The summed E-state index contributed by atoms with van der Waals surface area (Å²) in [6.45, 7) is 7.13. The number of carbonyl (C=O) groups excluding carboxylic acids is 2. The molecule has 0 bridgehead atoms. The first-order valence-electron chi connectivity index (χ1n) is 11.2. The molecule has 1 aromatic carbocycles. The minimum absolute atomic E-state index is 0.0606. The summed E-state index contributed by atoms with van der Waals surface area (Å²) in [5, 5.41) is 2.13. The van der Waals surface area contributed by atoms with Crippen LogP contribution in [-0.2, 0) is 16.0 Å². The van der Waals surface area contributed by atoms with Gasteiger partial charge in [0.25, 0.3) is 0 Å². The van der Waals surface area contributed by atoms with Crippen LogP contribution in [0.5, 0.6) is 0 Å². The first-order valence-corrected chi connectivity index (χ1v) is 12.1. The van der Waals surface area contributed by atoms with Crippen LogP contribution in [0.1, 0.15) is 67.1 Å². The van der Waals surface area contributed by atoms with Crippen molar-refractivity contribution in [1.82, 2.24) is 9.80 Å². The lowest BCUT2D eigenvalue weighted by atomic mass is 9.84.